The summed E-state index contributed by atoms with van der Waals surface area (Å²) < 4.78 is 2.05. The zero-order valence-electron chi connectivity index (χ0n) is 22.9. The topological polar surface area (TPSA) is 67.2 Å². The van der Waals surface area contributed by atoms with Crippen molar-refractivity contribution in [3.63, 3.8) is 0 Å². The molecule has 0 spiro atoms. The summed E-state index contributed by atoms with van der Waals surface area (Å²) in [5.74, 6) is 3.01. The normalized spacial score (nSPS) is 27.4. The Bertz CT molecular complexity index is 1380. The van der Waals surface area contributed by atoms with Crippen molar-refractivity contribution in [1.29, 1.82) is 0 Å². The Hall–Kier alpha value is -3.06. The van der Waals surface area contributed by atoms with E-state index in [1.807, 2.05) is 16.5 Å². The van der Waals surface area contributed by atoms with Gasteiger partial charge in [0, 0.05) is 48.6 Å². The van der Waals surface area contributed by atoms with Gasteiger partial charge in [0.1, 0.15) is 12.2 Å². The SMILES string of the molecule is CC1CCCN(Cc2cc3c(c(C4CC4)n2)CN(c2cccc(C4(c5nncn5C)CC(C)C4)c2)C3=O)C1. The number of nitrogens with zero attached hydrogens (tertiary/aromatic N) is 6. The van der Waals surface area contributed by atoms with Gasteiger partial charge in [-0.3, -0.25) is 14.7 Å². The van der Waals surface area contributed by atoms with Gasteiger partial charge in [-0.1, -0.05) is 26.0 Å². The first kappa shape index (κ1) is 24.0. The van der Waals surface area contributed by atoms with Gasteiger partial charge in [0.05, 0.1) is 17.7 Å². The Kier molecular flexibility index (Phi) is 5.69. The molecule has 0 bridgehead atoms. The Labute approximate surface area is 225 Å². The maximum absolute atomic E-state index is 13.9. The van der Waals surface area contributed by atoms with Crippen LogP contribution in [0, 0.1) is 11.8 Å². The van der Waals surface area contributed by atoms with Crippen molar-refractivity contribution < 1.29 is 4.79 Å². The van der Waals surface area contributed by atoms with Crippen LogP contribution in [0.1, 0.15) is 97.0 Å². The van der Waals surface area contributed by atoms with Gasteiger partial charge in [-0.25, -0.2) is 0 Å². The predicted molar refractivity (Wildman–Crippen MR) is 147 cm³/mol. The highest BCUT2D eigenvalue weighted by molar-refractivity contribution is 6.10. The fraction of sp³-hybridized carbons (Fsp3) is 0.548. The molecular formula is C31H38N6O. The van der Waals surface area contributed by atoms with E-state index in [4.69, 9.17) is 4.98 Å². The quantitative estimate of drug-likeness (QED) is 0.456. The number of aromatic nitrogens is 4. The molecule has 1 saturated heterocycles. The summed E-state index contributed by atoms with van der Waals surface area (Å²) in [6.07, 6.45) is 8.82. The van der Waals surface area contributed by atoms with Crippen LogP contribution >= 0.6 is 0 Å². The van der Waals surface area contributed by atoms with Crippen molar-refractivity contribution >= 4 is 11.6 Å². The second-order valence-corrected chi connectivity index (χ2v) is 12.6. The number of hydrogen-bond acceptors (Lipinski definition) is 5. The number of piperidine rings is 1. The summed E-state index contributed by atoms with van der Waals surface area (Å²) in [5.41, 5.74) is 6.32. The Morgan fingerprint density at radius 2 is 1.92 bits per heavy atom. The molecule has 0 radical (unpaired) electrons. The number of carbonyl (C=O) groups is 1. The third kappa shape index (κ3) is 3.98. The molecule has 7 heteroatoms. The maximum Gasteiger partial charge on any atom is 0.259 e. The van der Waals surface area contributed by atoms with E-state index in [2.05, 4.69) is 59.3 Å². The molecule has 1 amide bonds. The smallest absolute Gasteiger partial charge is 0.259 e. The van der Waals surface area contributed by atoms with Crippen molar-refractivity contribution in [2.24, 2.45) is 18.9 Å². The van der Waals surface area contributed by atoms with Crippen LogP contribution in [0.5, 0.6) is 0 Å². The van der Waals surface area contributed by atoms with Gasteiger partial charge in [0.25, 0.3) is 5.91 Å². The van der Waals surface area contributed by atoms with E-state index in [1.54, 1.807) is 6.33 Å². The molecule has 2 aromatic heterocycles. The van der Waals surface area contributed by atoms with Gasteiger partial charge in [0.15, 0.2) is 0 Å². The van der Waals surface area contributed by atoms with E-state index in [1.165, 1.54) is 36.9 Å². The lowest BCUT2D eigenvalue weighted by molar-refractivity contribution is 0.0996. The van der Waals surface area contributed by atoms with Gasteiger partial charge in [-0.2, -0.15) is 0 Å². The molecule has 4 aliphatic rings. The average Bonchev–Trinajstić information content (AvgIpc) is 3.57. The van der Waals surface area contributed by atoms with Gasteiger partial charge in [0.2, 0.25) is 0 Å². The van der Waals surface area contributed by atoms with Crippen LogP contribution < -0.4 is 4.90 Å². The molecule has 4 heterocycles. The largest absolute Gasteiger partial charge is 0.320 e. The number of anilines is 1. The molecule has 2 aliphatic carbocycles. The molecule has 7 nitrogen and oxygen atoms in total. The summed E-state index contributed by atoms with van der Waals surface area (Å²) in [6, 6.07) is 10.7. The minimum atomic E-state index is -0.143. The molecule has 3 fully saturated rings. The molecule has 3 aromatic rings. The average molecular weight is 511 g/mol. The molecule has 1 aromatic carbocycles. The van der Waals surface area contributed by atoms with E-state index in [9.17, 15) is 4.79 Å². The number of rotatable bonds is 6. The third-order valence-corrected chi connectivity index (χ3v) is 9.34. The molecule has 1 unspecified atom stereocenters. The number of fused-ring (bicyclic) bond motifs is 1. The van der Waals surface area contributed by atoms with Gasteiger partial charge in [-0.15, -0.1) is 10.2 Å². The fourth-order valence-electron chi connectivity index (χ4n) is 7.39. The van der Waals surface area contributed by atoms with Crippen LogP contribution in [-0.4, -0.2) is 43.6 Å². The van der Waals surface area contributed by atoms with E-state index in [-0.39, 0.29) is 11.3 Å². The Morgan fingerprint density at radius 1 is 1.08 bits per heavy atom. The zero-order valence-corrected chi connectivity index (χ0v) is 22.9. The Morgan fingerprint density at radius 3 is 2.63 bits per heavy atom. The number of aryl methyl sites for hydroxylation is 1. The summed E-state index contributed by atoms with van der Waals surface area (Å²) >= 11 is 0. The van der Waals surface area contributed by atoms with Crippen molar-refractivity contribution in [2.45, 2.75) is 76.8 Å². The predicted octanol–water partition coefficient (Wildman–Crippen LogP) is 5.20. The zero-order chi connectivity index (χ0) is 26.0. The number of pyridine rings is 1. The highest BCUT2D eigenvalue weighted by atomic mass is 16.2. The minimum Gasteiger partial charge on any atom is -0.320 e. The number of carbonyl (C=O) groups excluding carboxylic acids is 1. The van der Waals surface area contributed by atoms with Crippen LogP contribution in [0.2, 0.25) is 0 Å². The summed E-state index contributed by atoms with van der Waals surface area (Å²) in [6.45, 7) is 8.35. The number of benzene rings is 1. The molecule has 198 valence electrons. The van der Waals surface area contributed by atoms with Crippen LogP contribution in [0.25, 0.3) is 0 Å². The van der Waals surface area contributed by atoms with Crippen LogP contribution in [0.3, 0.4) is 0 Å². The lowest BCUT2D eigenvalue weighted by Gasteiger charge is -2.46. The third-order valence-electron chi connectivity index (χ3n) is 9.34. The highest BCUT2D eigenvalue weighted by Gasteiger charge is 2.48. The first-order valence-corrected chi connectivity index (χ1v) is 14.4. The Balaban J connectivity index is 1.21. The van der Waals surface area contributed by atoms with E-state index in [0.29, 0.717) is 18.4 Å². The van der Waals surface area contributed by atoms with E-state index < -0.39 is 0 Å². The van der Waals surface area contributed by atoms with Gasteiger partial charge >= 0.3 is 0 Å². The lowest BCUT2D eigenvalue weighted by Crippen LogP contribution is -2.43. The summed E-state index contributed by atoms with van der Waals surface area (Å²) in [4.78, 5) is 23.6. The van der Waals surface area contributed by atoms with Gasteiger partial charge < -0.3 is 9.47 Å². The highest BCUT2D eigenvalue weighted by Crippen LogP contribution is 2.52. The first-order chi connectivity index (χ1) is 18.4. The lowest BCUT2D eigenvalue weighted by atomic mass is 9.58. The van der Waals surface area contributed by atoms with Gasteiger partial charge in [-0.05, 0) is 80.7 Å². The summed E-state index contributed by atoms with van der Waals surface area (Å²) in [7, 11) is 2.03. The fourth-order valence-corrected chi connectivity index (χ4v) is 7.39. The van der Waals surface area contributed by atoms with Crippen molar-refractivity contribution in [2.75, 3.05) is 18.0 Å². The monoisotopic (exact) mass is 510 g/mol. The number of hydrogen-bond donors (Lipinski definition) is 0. The van der Waals surface area contributed by atoms with E-state index >= 15 is 0 Å². The second-order valence-electron chi connectivity index (χ2n) is 12.6. The maximum atomic E-state index is 13.9. The molecule has 7 rings (SSSR count). The molecule has 0 N–H and O–H groups in total. The van der Waals surface area contributed by atoms with Crippen molar-refractivity contribution in [1.82, 2.24) is 24.6 Å². The molecule has 2 saturated carbocycles. The molecule has 1 atom stereocenters. The standard InChI is InChI=1S/C31H38N6O/c1-20-6-5-11-36(16-20)17-24-13-26-27(28(33-24)22-9-10-22)18-37(29(26)38)25-8-4-7-23(12-25)31(14-21(2)15-31)30-34-32-19-35(30)3/h4,7-8,12-13,19-22H,5-6,9-11,14-18H2,1-3H3. The van der Waals surface area contributed by atoms with Crippen LogP contribution in [0.4, 0.5) is 5.69 Å². The molecule has 2 aliphatic heterocycles. The second kappa shape index (κ2) is 9.01. The van der Waals surface area contributed by atoms with E-state index in [0.717, 1.165) is 66.7 Å². The van der Waals surface area contributed by atoms with Crippen LogP contribution in [-0.2, 0) is 25.6 Å². The molecule has 38 heavy (non-hydrogen) atoms. The number of amides is 1. The summed E-state index contributed by atoms with van der Waals surface area (Å²) in [5, 5.41) is 8.70. The van der Waals surface area contributed by atoms with Crippen molar-refractivity contribution in [3.8, 4) is 0 Å². The first-order valence-electron chi connectivity index (χ1n) is 14.4. The number of likely N-dealkylation sites (tertiary alicyclic amines) is 1. The molecular weight excluding hydrogens is 472 g/mol. The van der Waals surface area contributed by atoms with Crippen molar-refractivity contribution in [3.05, 3.63) is 70.6 Å². The minimum absolute atomic E-state index is 0.115. The van der Waals surface area contributed by atoms with Crippen LogP contribution in [0.15, 0.2) is 36.7 Å².